The third kappa shape index (κ3) is 3.99. The summed E-state index contributed by atoms with van der Waals surface area (Å²) < 4.78 is 0.870. The lowest BCUT2D eigenvalue weighted by Crippen LogP contribution is -2.15. The fraction of sp³-hybridized carbons (Fsp3) is 0.188. The largest absolute Gasteiger partial charge is 0.385 e. The zero-order valence-electron chi connectivity index (χ0n) is 11.8. The van der Waals surface area contributed by atoms with Crippen LogP contribution < -0.4 is 10.6 Å². The van der Waals surface area contributed by atoms with Crippen LogP contribution in [0.5, 0.6) is 0 Å². The van der Waals surface area contributed by atoms with Crippen LogP contribution in [0.4, 0.5) is 11.4 Å². The smallest absolute Gasteiger partial charge is 0.257 e. The van der Waals surface area contributed by atoms with Gasteiger partial charge in [-0.3, -0.25) is 4.79 Å². The number of hydrogen-bond acceptors (Lipinski definition) is 2. The van der Waals surface area contributed by atoms with Crippen molar-refractivity contribution in [2.75, 3.05) is 17.2 Å². The van der Waals surface area contributed by atoms with E-state index in [0.717, 1.165) is 22.3 Å². The molecule has 2 aromatic carbocycles. The second kappa shape index (κ2) is 6.96. The molecule has 0 bridgehead atoms. The molecule has 0 radical (unpaired) electrons. The Hall–Kier alpha value is -1.52. The van der Waals surface area contributed by atoms with Gasteiger partial charge in [-0.1, -0.05) is 39.2 Å². The number of carbonyl (C=O) groups is 1. The first-order valence-corrected chi connectivity index (χ1v) is 7.79. The Labute approximate surface area is 137 Å². The van der Waals surface area contributed by atoms with Crippen LogP contribution in [-0.4, -0.2) is 12.5 Å². The third-order valence-electron chi connectivity index (χ3n) is 2.97. The van der Waals surface area contributed by atoms with E-state index < -0.39 is 0 Å². The molecule has 1 amide bonds. The van der Waals surface area contributed by atoms with Gasteiger partial charge in [0, 0.05) is 16.7 Å². The summed E-state index contributed by atoms with van der Waals surface area (Å²) in [5.41, 5.74) is 3.04. The number of anilines is 2. The van der Waals surface area contributed by atoms with Gasteiger partial charge in [-0.15, -0.1) is 0 Å². The van der Waals surface area contributed by atoms with E-state index in [0.29, 0.717) is 16.3 Å². The van der Waals surface area contributed by atoms with Crippen molar-refractivity contribution in [2.45, 2.75) is 13.8 Å². The summed E-state index contributed by atoms with van der Waals surface area (Å²) >= 11 is 9.47. The Balaban J connectivity index is 2.29. The van der Waals surface area contributed by atoms with Crippen molar-refractivity contribution in [3.8, 4) is 0 Å². The summed E-state index contributed by atoms with van der Waals surface area (Å²) in [4.78, 5) is 12.5. The van der Waals surface area contributed by atoms with Crippen molar-refractivity contribution in [2.24, 2.45) is 0 Å². The van der Waals surface area contributed by atoms with Crippen molar-refractivity contribution < 1.29 is 4.79 Å². The van der Waals surface area contributed by atoms with Crippen LogP contribution in [-0.2, 0) is 0 Å². The van der Waals surface area contributed by atoms with Crippen molar-refractivity contribution >= 4 is 44.8 Å². The fourth-order valence-electron chi connectivity index (χ4n) is 1.97. The number of rotatable bonds is 4. The molecule has 5 heteroatoms. The molecule has 2 rings (SSSR count). The number of halogens is 2. The summed E-state index contributed by atoms with van der Waals surface area (Å²) in [5, 5.41) is 6.54. The normalized spacial score (nSPS) is 10.3. The van der Waals surface area contributed by atoms with Gasteiger partial charge in [-0.25, -0.2) is 0 Å². The maximum absolute atomic E-state index is 12.5. The Kier molecular flexibility index (Phi) is 5.26. The van der Waals surface area contributed by atoms with E-state index in [9.17, 15) is 4.79 Å². The number of carbonyl (C=O) groups excluding carboxylic acids is 1. The molecule has 0 aliphatic rings. The number of aryl methyl sites for hydroxylation is 1. The van der Waals surface area contributed by atoms with E-state index >= 15 is 0 Å². The molecule has 2 aromatic rings. The van der Waals surface area contributed by atoms with Crippen LogP contribution >= 0.6 is 27.5 Å². The number of amides is 1. The Morgan fingerprint density at radius 3 is 2.57 bits per heavy atom. The zero-order valence-corrected chi connectivity index (χ0v) is 14.2. The van der Waals surface area contributed by atoms with Gasteiger partial charge >= 0.3 is 0 Å². The molecule has 0 spiro atoms. The lowest BCUT2D eigenvalue weighted by molar-refractivity contribution is 0.102. The van der Waals surface area contributed by atoms with E-state index in [4.69, 9.17) is 11.6 Å². The summed E-state index contributed by atoms with van der Waals surface area (Å²) in [5.74, 6) is -0.182. The van der Waals surface area contributed by atoms with Crippen LogP contribution in [0.2, 0.25) is 5.02 Å². The molecule has 0 saturated carbocycles. The minimum absolute atomic E-state index is 0.182. The Bertz CT molecular complexity index is 673. The second-order valence-corrected chi connectivity index (χ2v) is 5.98. The first-order chi connectivity index (χ1) is 10.0. The predicted octanol–water partition coefficient (Wildman–Crippen LogP) is 5.10. The van der Waals surface area contributed by atoms with Gasteiger partial charge in [0.15, 0.2) is 0 Å². The van der Waals surface area contributed by atoms with E-state index in [1.165, 1.54) is 0 Å². The van der Waals surface area contributed by atoms with Gasteiger partial charge in [-0.2, -0.15) is 0 Å². The monoisotopic (exact) mass is 366 g/mol. The van der Waals surface area contributed by atoms with Gasteiger partial charge < -0.3 is 10.6 Å². The topological polar surface area (TPSA) is 41.1 Å². The summed E-state index contributed by atoms with van der Waals surface area (Å²) in [6.45, 7) is 4.70. The number of nitrogens with one attached hydrogen (secondary N) is 2. The average Bonchev–Trinajstić information content (AvgIpc) is 2.44. The molecular weight excluding hydrogens is 352 g/mol. The molecule has 110 valence electrons. The highest BCUT2D eigenvalue weighted by Gasteiger charge is 2.13. The SMILES string of the molecule is CCNc1ccc(C)cc1C(=O)Nc1ccc(Br)cc1Cl. The van der Waals surface area contributed by atoms with Gasteiger partial charge in [0.1, 0.15) is 0 Å². The minimum Gasteiger partial charge on any atom is -0.385 e. The highest BCUT2D eigenvalue weighted by atomic mass is 79.9. The van der Waals surface area contributed by atoms with Crippen molar-refractivity contribution in [3.63, 3.8) is 0 Å². The standard InChI is InChI=1S/C16H16BrClN2O/c1-3-19-14-6-4-10(2)8-12(14)16(21)20-15-7-5-11(17)9-13(15)18/h4-9,19H,3H2,1-2H3,(H,20,21). The Morgan fingerprint density at radius 1 is 1.19 bits per heavy atom. The fourth-order valence-corrected chi connectivity index (χ4v) is 2.69. The lowest BCUT2D eigenvalue weighted by atomic mass is 10.1. The molecule has 0 aliphatic heterocycles. The van der Waals surface area contributed by atoms with E-state index in [1.807, 2.05) is 38.1 Å². The van der Waals surface area contributed by atoms with Crippen molar-refractivity contribution in [1.29, 1.82) is 0 Å². The number of hydrogen-bond donors (Lipinski definition) is 2. The van der Waals surface area contributed by atoms with Crippen molar-refractivity contribution in [3.05, 3.63) is 57.0 Å². The van der Waals surface area contributed by atoms with E-state index in [2.05, 4.69) is 26.6 Å². The second-order valence-electron chi connectivity index (χ2n) is 4.66. The van der Waals surface area contributed by atoms with E-state index in [-0.39, 0.29) is 5.91 Å². The van der Waals surface area contributed by atoms with Gasteiger partial charge in [0.2, 0.25) is 0 Å². The maximum atomic E-state index is 12.5. The van der Waals surface area contributed by atoms with Crippen LogP contribution in [0.25, 0.3) is 0 Å². The zero-order chi connectivity index (χ0) is 15.4. The van der Waals surface area contributed by atoms with Crippen LogP contribution in [0, 0.1) is 6.92 Å². The molecule has 0 aliphatic carbocycles. The average molecular weight is 368 g/mol. The lowest BCUT2D eigenvalue weighted by Gasteiger charge is -2.13. The molecule has 2 N–H and O–H groups in total. The molecule has 0 unspecified atom stereocenters. The maximum Gasteiger partial charge on any atom is 0.257 e. The molecule has 21 heavy (non-hydrogen) atoms. The molecule has 0 saturated heterocycles. The van der Waals surface area contributed by atoms with Crippen LogP contribution in [0.15, 0.2) is 40.9 Å². The number of benzene rings is 2. The Morgan fingerprint density at radius 2 is 1.90 bits per heavy atom. The predicted molar refractivity (Wildman–Crippen MR) is 92.4 cm³/mol. The molecule has 3 nitrogen and oxygen atoms in total. The molecule has 0 atom stereocenters. The van der Waals surface area contributed by atoms with Gasteiger partial charge in [0.25, 0.3) is 5.91 Å². The minimum atomic E-state index is -0.182. The first-order valence-electron chi connectivity index (χ1n) is 6.62. The quantitative estimate of drug-likeness (QED) is 0.790. The van der Waals surface area contributed by atoms with Crippen molar-refractivity contribution in [1.82, 2.24) is 0 Å². The third-order valence-corrected chi connectivity index (χ3v) is 3.77. The molecule has 0 aromatic heterocycles. The summed E-state index contributed by atoms with van der Waals surface area (Å²) in [7, 11) is 0. The first kappa shape index (κ1) is 15.9. The summed E-state index contributed by atoms with van der Waals surface area (Å²) in [6.07, 6.45) is 0. The van der Waals surface area contributed by atoms with Gasteiger partial charge in [-0.05, 0) is 44.2 Å². The van der Waals surface area contributed by atoms with Crippen LogP contribution in [0.3, 0.4) is 0 Å². The summed E-state index contributed by atoms with van der Waals surface area (Å²) in [6, 6.07) is 11.1. The molecule has 0 fully saturated rings. The van der Waals surface area contributed by atoms with Crippen LogP contribution in [0.1, 0.15) is 22.8 Å². The highest BCUT2D eigenvalue weighted by molar-refractivity contribution is 9.10. The highest BCUT2D eigenvalue weighted by Crippen LogP contribution is 2.27. The van der Waals surface area contributed by atoms with Gasteiger partial charge in [0.05, 0.1) is 16.3 Å². The van der Waals surface area contributed by atoms with E-state index in [1.54, 1.807) is 12.1 Å². The molecular formula is C16H16BrClN2O. The molecule has 0 heterocycles.